The number of aliphatic hydroxyl groups is 1. The van der Waals surface area contributed by atoms with E-state index in [0.717, 1.165) is 5.56 Å². The third kappa shape index (κ3) is 4.55. The fraction of sp³-hybridized carbons (Fsp3) is 0.0769. The Balaban J connectivity index is 1.54. The molecule has 4 aromatic rings. The lowest BCUT2D eigenvalue weighted by atomic mass is 9.95. The molecule has 1 aliphatic heterocycles. The molecule has 1 aliphatic rings. The minimum atomic E-state index is -0.921. The van der Waals surface area contributed by atoms with Crippen LogP contribution in [0.3, 0.4) is 0 Å². The predicted octanol–water partition coefficient (Wildman–Crippen LogP) is 5.16. The summed E-state index contributed by atoms with van der Waals surface area (Å²) in [7, 11) is 0. The monoisotopic (exact) mass is 501 g/mol. The van der Waals surface area contributed by atoms with Gasteiger partial charge in [0.15, 0.2) is 4.34 Å². The van der Waals surface area contributed by atoms with E-state index in [1.165, 1.54) is 40.1 Å². The van der Waals surface area contributed by atoms with Crippen LogP contribution in [0, 0.1) is 0 Å². The number of rotatable bonds is 6. The molecule has 9 heteroatoms. The maximum absolute atomic E-state index is 13.2. The standard InChI is InChI=1S/C26H19N3O4S2/c30-19-13-11-17(12-14-19)21-20(22(31)18-9-5-2-6-10-18)23(32)24(33)29(21)25-27-28-26(35-25)34-15-16-7-3-1-4-8-16/h1-14,21,30-31H,15H2/b22-20+. The van der Waals surface area contributed by atoms with Crippen molar-refractivity contribution in [2.75, 3.05) is 4.90 Å². The molecular formula is C26H19N3O4S2. The van der Waals surface area contributed by atoms with Crippen LogP contribution >= 0.6 is 23.1 Å². The van der Waals surface area contributed by atoms with Crippen LogP contribution in [-0.4, -0.2) is 32.1 Å². The van der Waals surface area contributed by atoms with Gasteiger partial charge in [-0.1, -0.05) is 95.9 Å². The van der Waals surface area contributed by atoms with E-state index in [-0.39, 0.29) is 22.2 Å². The number of amides is 1. The molecule has 174 valence electrons. The van der Waals surface area contributed by atoms with Gasteiger partial charge in [-0.05, 0) is 23.3 Å². The average Bonchev–Trinajstić information content (AvgIpc) is 3.46. The van der Waals surface area contributed by atoms with Crippen molar-refractivity contribution in [2.45, 2.75) is 16.1 Å². The van der Waals surface area contributed by atoms with Crippen LogP contribution in [-0.2, 0) is 15.3 Å². The Bertz CT molecular complexity index is 1400. The number of benzene rings is 3. The summed E-state index contributed by atoms with van der Waals surface area (Å²) in [5, 5.41) is 29.5. The minimum Gasteiger partial charge on any atom is -0.508 e. The van der Waals surface area contributed by atoms with Gasteiger partial charge >= 0.3 is 5.91 Å². The van der Waals surface area contributed by atoms with Crippen LogP contribution in [0.1, 0.15) is 22.7 Å². The molecule has 7 nitrogen and oxygen atoms in total. The SMILES string of the molecule is O=C1C(=O)N(c2nnc(SCc3ccccc3)s2)C(c2ccc(O)cc2)/C1=C(\O)c1ccccc1. The van der Waals surface area contributed by atoms with Crippen LogP contribution in [0.4, 0.5) is 5.13 Å². The Morgan fingerprint density at radius 3 is 2.26 bits per heavy atom. The smallest absolute Gasteiger partial charge is 0.301 e. The molecule has 0 bridgehead atoms. The molecule has 35 heavy (non-hydrogen) atoms. The molecule has 0 aliphatic carbocycles. The van der Waals surface area contributed by atoms with Crippen LogP contribution in [0.5, 0.6) is 5.75 Å². The van der Waals surface area contributed by atoms with E-state index in [0.29, 0.717) is 21.2 Å². The van der Waals surface area contributed by atoms with Crippen molar-refractivity contribution in [1.82, 2.24) is 10.2 Å². The third-order valence-electron chi connectivity index (χ3n) is 5.51. The number of Topliss-reactive ketones (excluding diaryl/α,β-unsaturated/α-hetero) is 1. The third-order valence-corrected chi connectivity index (χ3v) is 7.63. The summed E-state index contributed by atoms with van der Waals surface area (Å²) in [5.41, 5.74) is 2.06. The van der Waals surface area contributed by atoms with Gasteiger partial charge in [0.05, 0.1) is 11.6 Å². The zero-order chi connectivity index (χ0) is 24.4. The topological polar surface area (TPSA) is 104 Å². The molecule has 0 saturated carbocycles. The van der Waals surface area contributed by atoms with Crippen molar-refractivity contribution in [3.63, 3.8) is 0 Å². The zero-order valence-corrected chi connectivity index (χ0v) is 19.9. The zero-order valence-electron chi connectivity index (χ0n) is 18.2. The molecule has 1 unspecified atom stereocenters. The lowest BCUT2D eigenvalue weighted by Gasteiger charge is -2.22. The van der Waals surface area contributed by atoms with Crippen molar-refractivity contribution >= 4 is 45.7 Å². The minimum absolute atomic E-state index is 0.0411. The number of nitrogens with zero attached hydrogens (tertiary/aromatic N) is 3. The maximum Gasteiger partial charge on any atom is 0.301 e. The van der Waals surface area contributed by atoms with E-state index in [9.17, 15) is 19.8 Å². The summed E-state index contributed by atoms with van der Waals surface area (Å²) in [5.74, 6) is -1.14. The summed E-state index contributed by atoms with van der Waals surface area (Å²) in [4.78, 5) is 27.6. The van der Waals surface area contributed by atoms with Crippen molar-refractivity contribution in [1.29, 1.82) is 0 Å². The number of thioether (sulfide) groups is 1. The number of carbonyl (C=O) groups excluding carboxylic acids is 2. The number of phenols is 1. The molecule has 1 fully saturated rings. The molecular weight excluding hydrogens is 482 g/mol. The van der Waals surface area contributed by atoms with Crippen molar-refractivity contribution in [2.24, 2.45) is 0 Å². The number of anilines is 1. The summed E-state index contributed by atoms with van der Waals surface area (Å²) >= 11 is 2.69. The van der Waals surface area contributed by atoms with Crippen LogP contribution in [0.25, 0.3) is 5.76 Å². The Labute approximate surface area is 209 Å². The Kier molecular flexibility index (Phi) is 6.35. The highest BCUT2D eigenvalue weighted by molar-refractivity contribution is 8.00. The van der Waals surface area contributed by atoms with Gasteiger partial charge in [-0.25, -0.2) is 0 Å². The maximum atomic E-state index is 13.2. The summed E-state index contributed by atoms with van der Waals surface area (Å²) in [6, 6.07) is 23.8. The average molecular weight is 502 g/mol. The number of hydrogen-bond donors (Lipinski definition) is 2. The second kappa shape index (κ2) is 9.73. The van der Waals surface area contributed by atoms with Gasteiger partial charge in [-0.2, -0.15) is 0 Å². The summed E-state index contributed by atoms with van der Waals surface area (Å²) in [6.07, 6.45) is 0. The van der Waals surface area contributed by atoms with Crippen molar-refractivity contribution in [3.05, 3.63) is 107 Å². The van der Waals surface area contributed by atoms with E-state index in [2.05, 4.69) is 10.2 Å². The molecule has 1 amide bonds. The van der Waals surface area contributed by atoms with Gasteiger partial charge in [0.25, 0.3) is 5.78 Å². The van der Waals surface area contributed by atoms with Crippen LogP contribution in [0.2, 0.25) is 0 Å². The number of carbonyl (C=O) groups is 2. The van der Waals surface area contributed by atoms with Gasteiger partial charge in [0.2, 0.25) is 5.13 Å². The highest BCUT2D eigenvalue weighted by atomic mass is 32.2. The molecule has 0 spiro atoms. The van der Waals surface area contributed by atoms with E-state index in [1.807, 2.05) is 30.3 Å². The van der Waals surface area contributed by atoms with Gasteiger partial charge in [-0.3, -0.25) is 14.5 Å². The van der Waals surface area contributed by atoms with Gasteiger partial charge in [0, 0.05) is 11.3 Å². The van der Waals surface area contributed by atoms with Gasteiger partial charge < -0.3 is 10.2 Å². The van der Waals surface area contributed by atoms with Gasteiger partial charge in [-0.15, -0.1) is 10.2 Å². The molecule has 2 heterocycles. The number of aromatic nitrogens is 2. The predicted molar refractivity (Wildman–Crippen MR) is 135 cm³/mol. The highest BCUT2D eigenvalue weighted by Gasteiger charge is 2.48. The molecule has 1 atom stereocenters. The van der Waals surface area contributed by atoms with E-state index in [1.54, 1.807) is 42.5 Å². The van der Waals surface area contributed by atoms with Gasteiger partial charge in [0.1, 0.15) is 11.5 Å². The first-order valence-corrected chi connectivity index (χ1v) is 12.5. The molecule has 1 saturated heterocycles. The Morgan fingerprint density at radius 1 is 0.914 bits per heavy atom. The fourth-order valence-electron chi connectivity index (χ4n) is 3.83. The largest absolute Gasteiger partial charge is 0.508 e. The number of hydrogen-bond acceptors (Lipinski definition) is 8. The Morgan fingerprint density at radius 2 is 1.57 bits per heavy atom. The number of aliphatic hydroxyl groups excluding tert-OH is 1. The lowest BCUT2D eigenvalue weighted by Crippen LogP contribution is -2.29. The van der Waals surface area contributed by atoms with E-state index >= 15 is 0 Å². The second-order valence-electron chi connectivity index (χ2n) is 7.75. The first kappa shape index (κ1) is 22.8. The fourth-order valence-corrected chi connectivity index (χ4v) is 5.65. The first-order valence-electron chi connectivity index (χ1n) is 10.7. The summed E-state index contributed by atoms with van der Waals surface area (Å²) in [6.45, 7) is 0. The van der Waals surface area contributed by atoms with E-state index < -0.39 is 17.7 Å². The molecule has 3 aromatic carbocycles. The van der Waals surface area contributed by atoms with Crippen molar-refractivity contribution < 1.29 is 19.8 Å². The number of phenolic OH excluding ortho intramolecular Hbond substituents is 1. The first-order chi connectivity index (χ1) is 17.0. The molecule has 5 rings (SSSR count). The molecule has 2 N–H and O–H groups in total. The number of ketones is 1. The normalized spacial score (nSPS) is 17.1. The quantitative estimate of drug-likeness (QED) is 0.124. The Hall–Kier alpha value is -3.95. The molecule has 0 radical (unpaired) electrons. The van der Waals surface area contributed by atoms with E-state index in [4.69, 9.17) is 0 Å². The second-order valence-corrected chi connectivity index (χ2v) is 9.93. The molecule has 1 aromatic heterocycles. The highest BCUT2D eigenvalue weighted by Crippen LogP contribution is 2.44. The summed E-state index contributed by atoms with van der Waals surface area (Å²) < 4.78 is 0.651. The van der Waals surface area contributed by atoms with Crippen molar-refractivity contribution in [3.8, 4) is 5.75 Å². The number of aromatic hydroxyl groups is 1. The lowest BCUT2D eigenvalue weighted by molar-refractivity contribution is -0.132. The van der Waals surface area contributed by atoms with Crippen LogP contribution in [0.15, 0.2) is 94.8 Å². The van der Waals surface area contributed by atoms with Crippen LogP contribution < -0.4 is 4.90 Å².